The van der Waals surface area contributed by atoms with Gasteiger partial charge < -0.3 is 5.32 Å². The van der Waals surface area contributed by atoms with Crippen LogP contribution in [0, 0.1) is 13.8 Å². The molecule has 0 spiro atoms. The van der Waals surface area contributed by atoms with E-state index in [1.807, 2.05) is 25.4 Å². The predicted octanol–water partition coefficient (Wildman–Crippen LogP) is 2.34. The Hall–Kier alpha value is -1.81. The Labute approximate surface area is 108 Å². The summed E-state index contributed by atoms with van der Waals surface area (Å²) < 4.78 is 0. The molecule has 1 unspecified atom stereocenters. The van der Waals surface area contributed by atoms with Crippen LogP contribution < -0.4 is 5.32 Å². The van der Waals surface area contributed by atoms with Gasteiger partial charge in [-0.3, -0.25) is 15.0 Å². The van der Waals surface area contributed by atoms with Gasteiger partial charge in [-0.1, -0.05) is 0 Å². The zero-order valence-electron chi connectivity index (χ0n) is 11.0. The van der Waals surface area contributed by atoms with Crippen molar-refractivity contribution in [1.82, 2.24) is 20.3 Å². The van der Waals surface area contributed by atoms with E-state index in [4.69, 9.17) is 0 Å². The molecule has 0 saturated carbocycles. The molecule has 2 rings (SSSR count). The monoisotopic (exact) mass is 242 g/mol. The molecule has 2 aromatic rings. The topological polar surface area (TPSA) is 50.7 Å². The molecule has 0 aliphatic rings. The van der Waals surface area contributed by atoms with Crippen LogP contribution in [0.3, 0.4) is 0 Å². The van der Waals surface area contributed by atoms with E-state index < -0.39 is 0 Å². The zero-order chi connectivity index (χ0) is 13.0. The zero-order valence-corrected chi connectivity index (χ0v) is 11.0. The molecule has 1 N–H and O–H groups in total. The highest BCUT2D eigenvalue weighted by molar-refractivity contribution is 5.21. The Morgan fingerprint density at radius 1 is 1.17 bits per heavy atom. The van der Waals surface area contributed by atoms with E-state index in [2.05, 4.69) is 34.1 Å². The third-order valence-electron chi connectivity index (χ3n) is 3.08. The molecule has 0 aromatic carbocycles. The molecule has 0 aliphatic carbocycles. The van der Waals surface area contributed by atoms with Gasteiger partial charge in [-0.05, 0) is 38.0 Å². The second-order valence-electron chi connectivity index (χ2n) is 4.43. The highest BCUT2D eigenvalue weighted by Gasteiger charge is 2.10. The number of nitrogens with one attached hydrogen (secondary N) is 1. The standard InChI is InChI=1S/C14H18N4/c1-10-4-5-15-8-13(10)9-18-12(3)14-11(2)16-6-7-17-14/h4-8,12,18H,9H2,1-3H3. The van der Waals surface area contributed by atoms with Crippen LogP contribution in [0.4, 0.5) is 0 Å². The van der Waals surface area contributed by atoms with Crippen molar-refractivity contribution < 1.29 is 0 Å². The van der Waals surface area contributed by atoms with Crippen LogP contribution in [0.15, 0.2) is 30.9 Å². The summed E-state index contributed by atoms with van der Waals surface area (Å²) in [5, 5.41) is 3.45. The van der Waals surface area contributed by atoms with Crippen molar-refractivity contribution >= 4 is 0 Å². The minimum Gasteiger partial charge on any atom is -0.305 e. The Balaban J connectivity index is 2.03. The molecule has 0 bridgehead atoms. The lowest BCUT2D eigenvalue weighted by Crippen LogP contribution is -2.20. The molecule has 2 heterocycles. The fourth-order valence-corrected chi connectivity index (χ4v) is 1.88. The molecule has 0 fully saturated rings. The molecule has 94 valence electrons. The average molecular weight is 242 g/mol. The molecular weight excluding hydrogens is 224 g/mol. The Bertz CT molecular complexity index is 525. The molecule has 0 radical (unpaired) electrons. The average Bonchev–Trinajstić information content (AvgIpc) is 2.38. The Kier molecular flexibility index (Phi) is 3.99. The lowest BCUT2D eigenvalue weighted by molar-refractivity contribution is 0.553. The van der Waals surface area contributed by atoms with E-state index in [9.17, 15) is 0 Å². The molecular formula is C14H18N4. The Morgan fingerprint density at radius 2 is 1.94 bits per heavy atom. The lowest BCUT2D eigenvalue weighted by Gasteiger charge is -2.15. The largest absolute Gasteiger partial charge is 0.305 e. The molecule has 18 heavy (non-hydrogen) atoms. The second kappa shape index (κ2) is 5.69. The summed E-state index contributed by atoms with van der Waals surface area (Å²) in [5.41, 5.74) is 4.44. The van der Waals surface area contributed by atoms with E-state index in [1.165, 1.54) is 11.1 Å². The SMILES string of the molecule is Cc1ccncc1CNC(C)c1nccnc1C. The highest BCUT2D eigenvalue weighted by atomic mass is 14.9. The van der Waals surface area contributed by atoms with Crippen LogP contribution in [-0.4, -0.2) is 15.0 Å². The Morgan fingerprint density at radius 3 is 2.67 bits per heavy atom. The maximum Gasteiger partial charge on any atom is 0.0782 e. The van der Waals surface area contributed by atoms with E-state index >= 15 is 0 Å². The summed E-state index contributed by atoms with van der Waals surface area (Å²) in [6, 6.07) is 2.20. The molecule has 0 amide bonds. The number of hydrogen-bond acceptors (Lipinski definition) is 4. The van der Waals surface area contributed by atoms with Crippen LogP contribution in [0.1, 0.15) is 35.5 Å². The smallest absolute Gasteiger partial charge is 0.0782 e. The number of pyridine rings is 1. The maximum atomic E-state index is 4.37. The minimum atomic E-state index is 0.179. The van der Waals surface area contributed by atoms with E-state index in [1.54, 1.807) is 12.4 Å². The third kappa shape index (κ3) is 2.90. The van der Waals surface area contributed by atoms with Crippen molar-refractivity contribution in [3.05, 3.63) is 53.4 Å². The van der Waals surface area contributed by atoms with Gasteiger partial charge in [0.25, 0.3) is 0 Å². The normalized spacial score (nSPS) is 12.4. The van der Waals surface area contributed by atoms with Crippen LogP contribution >= 0.6 is 0 Å². The van der Waals surface area contributed by atoms with Gasteiger partial charge in [-0.2, -0.15) is 0 Å². The van der Waals surface area contributed by atoms with Gasteiger partial charge in [-0.25, -0.2) is 0 Å². The summed E-state index contributed by atoms with van der Waals surface area (Å²) in [6.07, 6.45) is 7.17. The highest BCUT2D eigenvalue weighted by Crippen LogP contribution is 2.13. The number of nitrogens with zero attached hydrogens (tertiary/aromatic N) is 3. The van der Waals surface area contributed by atoms with Gasteiger partial charge in [0.15, 0.2) is 0 Å². The fourth-order valence-electron chi connectivity index (χ4n) is 1.88. The van der Waals surface area contributed by atoms with Gasteiger partial charge in [0.05, 0.1) is 11.4 Å². The molecule has 1 atom stereocenters. The van der Waals surface area contributed by atoms with E-state index in [-0.39, 0.29) is 6.04 Å². The number of hydrogen-bond donors (Lipinski definition) is 1. The first-order chi connectivity index (χ1) is 8.68. The van der Waals surface area contributed by atoms with Crippen molar-refractivity contribution in [3.8, 4) is 0 Å². The van der Waals surface area contributed by atoms with Crippen molar-refractivity contribution in [2.75, 3.05) is 0 Å². The summed E-state index contributed by atoms with van der Waals surface area (Å²) in [6.45, 7) is 6.96. The van der Waals surface area contributed by atoms with Crippen molar-refractivity contribution in [2.24, 2.45) is 0 Å². The van der Waals surface area contributed by atoms with Gasteiger partial charge in [-0.15, -0.1) is 0 Å². The molecule has 4 nitrogen and oxygen atoms in total. The first-order valence-corrected chi connectivity index (χ1v) is 6.09. The van der Waals surface area contributed by atoms with Crippen LogP contribution in [0.25, 0.3) is 0 Å². The molecule has 0 aliphatic heterocycles. The second-order valence-corrected chi connectivity index (χ2v) is 4.43. The maximum absolute atomic E-state index is 4.37. The first-order valence-electron chi connectivity index (χ1n) is 6.09. The van der Waals surface area contributed by atoms with E-state index in [0.717, 1.165) is 17.9 Å². The van der Waals surface area contributed by atoms with Gasteiger partial charge in [0, 0.05) is 37.4 Å². The van der Waals surface area contributed by atoms with Gasteiger partial charge >= 0.3 is 0 Å². The first kappa shape index (κ1) is 12.6. The van der Waals surface area contributed by atoms with Gasteiger partial charge in [0.1, 0.15) is 0 Å². The van der Waals surface area contributed by atoms with Gasteiger partial charge in [0.2, 0.25) is 0 Å². The van der Waals surface area contributed by atoms with E-state index in [0.29, 0.717) is 0 Å². The predicted molar refractivity (Wildman–Crippen MR) is 71.0 cm³/mol. The number of rotatable bonds is 4. The minimum absolute atomic E-state index is 0.179. The van der Waals surface area contributed by atoms with Crippen molar-refractivity contribution in [2.45, 2.75) is 33.4 Å². The van der Waals surface area contributed by atoms with Crippen LogP contribution in [0.2, 0.25) is 0 Å². The quantitative estimate of drug-likeness (QED) is 0.894. The molecule has 2 aromatic heterocycles. The molecule has 4 heteroatoms. The summed E-state index contributed by atoms with van der Waals surface area (Å²) in [5.74, 6) is 0. The van der Waals surface area contributed by atoms with Crippen molar-refractivity contribution in [1.29, 1.82) is 0 Å². The fraction of sp³-hybridized carbons (Fsp3) is 0.357. The van der Waals surface area contributed by atoms with Crippen LogP contribution in [-0.2, 0) is 6.54 Å². The van der Waals surface area contributed by atoms with Crippen molar-refractivity contribution in [3.63, 3.8) is 0 Å². The summed E-state index contributed by atoms with van der Waals surface area (Å²) >= 11 is 0. The molecule has 0 saturated heterocycles. The number of aryl methyl sites for hydroxylation is 2. The summed E-state index contributed by atoms with van der Waals surface area (Å²) in [4.78, 5) is 12.8. The lowest BCUT2D eigenvalue weighted by atomic mass is 10.1. The summed E-state index contributed by atoms with van der Waals surface area (Å²) in [7, 11) is 0. The van der Waals surface area contributed by atoms with Crippen LogP contribution in [0.5, 0.6) is 0 Å². The third-order valence-corrected chi connectivity index (χ3v) is 3.08. The number of aromatic nitrogens is 3.